The highest BCUT2D eigenvalue weighted by molar-refractivity contribution is 6.43. The highest BCUT2D eigenvalue weighted by atomic mass is 16.4. The fourth-order valence-corrected chi connectivity index (χ4v) is 2.75. The number of rotatable bonds is 8. The van der Waals surface area contributed by atoms with E-state index >= 15 is 0 Å². The number of nitrogens with one attached hydrogen (secondary N) is 1. The Labute approximate surface area is 153 Å². The van der Waals surface area contributed by atoms with E-state index in [0.29, 0.717) is 6.54 Å². The summed E-state index contributed by atoms with van der Waals surface area (Å²) >= 11 is 0. The lowest BCUT2D eigenvalue weighted by Crippen LogP contribution is -2.51. The summed E-state index contributed by atoms with van der Waals surface area (Å²) in [6.07, 6.45) is 1.40. The van der Waals surface area contributed by atoms with Crippen molar-refractivity contribution in [1.82, 2.24) is 10.2 Å². The first-order valence-corrected chi connectivity index (χ1v) is 8.49. The third-order valence-corrected chi connectivity index (χ3v) is 4.18. The maximum atomic E-state index is 12.2. The summed E-state index contributed by atoms with van der Waals surface area (Å²) in [5, 5.41) is 24.0. The molecule has 3 N–H and O–H groups in total. The molecule has 136 valence electrons. The molecule has 2 aromatic carbocycles. The van der Waals surface area contributed by atoms with Crippen molar-refractivity contribution >= 4 is 29.7 Å². The maximum absolute atomic E-state index is 12.2. The van der Waals surface area contributed by atoms with Crippen molar-refractivity contribution in [3.63, 3.8) is 0 Å². The minimum atomic E-state index is -1.71. The van der Waals surface area contributed by atoms with Crippen molar-refractivity contribution in [2.45, 2.75) is 19.3 Å². The van der Waals surface area contributed by atoms with Crippen LogP contribution >= 0.6 is 0 Å². The molecule has 0 aliphatic rings. The zero-order valence-corrected chi connectivity index (χ0v) is 14.8. The van der Waals surface area contributed by atoms with Crippen molar-refractivity contribution < 1.29 is 19.6 Å². The van der Waals surface area contributed by atoms with Crippen molar-refractivity contribution in [2.24, 2.45) is 0 Å². The van der Waals surface area contributed by atoms with Crippen LogP contribution in [0.25, 0.3) is 10.8 Å². The summed E-state index contributed by atoms with van der Waals surface area (Å²) in [7, 11) is -1.71. The second-order valence-electron chi connectivity index (χ2n) is 6.03. The van der Waals surface area contributed by atoms with Gasteiger partial charge in [0.05, 0.1) is 12.5 Å². The van der Waals surface area contributed by atoms with Crippen LogP contribution in [0.3, 0.4) is 0 Å². The largest absolute Gasteiger partial charge is 0.475 e. The zero-order chi connectivity index (χ0) is 19.1. The second-order valence-corrected chi connectivity index (χ2v) is 6.03. The molecule has 1 atom stereocenters. The Kier molecular flexibility index (Phi) is 6.94. The van der Waals surface area contributed by atoms with Crippen LogP contribution in [0.1, 0.15) is 12.5 Å². The number of benzene rings is 2. The van der Waals surface area contributed by atoms with Crippen LogP contribution in [-0.4, -0.2) is 52.9 Å². The number of likely N-dealkylation sites (N-methyl/N-ethyl adjacent to an activating group) is 1. The lowest BCUT2D eigenvalue weighted by Gasteiger charge is -2.22. The van der Waals surface area contributed by atoms with Crippen LogP contribution in [0.4, 0.5) is 0 Å². The summed E-state index contributed by atoms with van der Waals surface area (Å²) in [5.41, 5.74) is 0.872. The summed E-state index contributed by atoms with van der Waals surface area (Å²) in [6, 6.07) is 13.7. The van der Waals surface area contributed by atoms with Gasteiger partial charge in [0.2, 0.25) is 11.8 Å². The number of carbonyl (C=O) groups excluding carboxylic acids is 2. The zero-order valence-electron chi connectivity index (χ0n) is 14.8. The van der Waals surface area contributed by atoms with Crippen LogP contribution in [-0.2, 0) is 16.0 Å². The summed E-state index contributed by atoms with van der Waals surface area (Å²) in [6.45, 7) is 5.35. The molecule has 0 fully saturated rings. The van der Waals surface area contributed by atoms with Gasteiger partial charge in [-0.05, 0) is 35.8 Å². The van der Waals surface area contributed by atoms with E-state index in [4.69, 9.17) is 0 Å². The molecule has 0 heterocycles. The molecule has 26 heavy (non-hydrogen) atoms. The summed E-state index contributed by atoms with van der Waals surface area (Å²) in [5.74, 6) is -1.68. The van der Waals surface area contributed by atoms with Crippen molar-refractivity contribution in [2.75, 3.05) is 13.1 Å². The standard InChI is InChI=1S/C19H23BN2O4/c1-3-19(24)22(4-2)13-18(23)21-17(20(25)26)12-14-9-10-15-7-5-6-8-16(15)11-14/h3,5-11,17,25-26H,1,4,12-13H2,2H3,(H,21,23)/t17-/m0/s1. The Hall–Kier alpha value is -2.64. The predicted molar refractivity (Wildman–Crippen MR) is 102 cm³/mol. The van der Waals surface area contributed by atoms with Crippen LogP contribution in [0.5, 0.6) is 0 Å². The van der Waals surface area contributed by atoms with Crippen molar-refractivity contribution in [3.8, 4) is 0 Å². The van der Waals surface area contributed by atoms with Gasteiger partial charge in [-0.3, -0.25) is 9.59 Å². The fourth-order valence-electron chi connectivity index (χ4n) is 2.75. The molecular formula is C19H23BN2O4. The summed E-state index contributed by atoms with van der Waals surface area (Å²) < 4.78 is 0. The Bertz CT molecular complexity index is 794. The lowest BCUT2D eigenvalue weighted by molar-refractivity contribution is -0.132. The van der Waals surface area contributed by atoms with Gasteiger partial charge < -0.3 is 20.3 Å². The van der Waals surface area contributed by atoms with E-state index in [-0.39, 0.29) is 18.9 Å². The van der Waals surface area contributed by atoms with Gasteiger partial charge in [-0.25, -0.2) is 0 Å². The predicted octanol–water partition coefficient (Wildman–Crippen LogP) is 0.914. The van der Waals surface area contributed by atoms with E-state index in [9.17, 15) is 19.6 Å². The van der Waals surface area contributed by atoms with Gasteiger partial charge >= 0.3 is 7.12 Å². The van der Waals surface area contributed by atoms with Crippen LogP contribution in [0.15, 0.2) is 55.1 Å². The Morgan fingerprint density at radius 3 is 2.54 bits per heavy atom. The first-order valence-electron chi connectivity index (χ1n) is 8.49. The van der Waals surface area contributed by atoms with E-state index in [1.165, 1.54) is 4.90 Å². The number of nitrogens with zero attached hydrogens (tertiary/aromatic N) is 1. The molecule has 0 bridgehead atoms. The molecule has 0 aromatic heterocycles. The molecule has 2 rings (SSSR count). The normalized spacial score (nSPS) is 11.7. The quantitative estimate of drug-likeness (QED) is 0.486. The highest BCUT2D eigenvalue weighted by Crippen LogP contribution is 2.17. The van der Waals surface area contributed by atoms with Crippen LogP contribution in [0, 0.1) is 0 Å². The van der Waals surface area contributed by atoms with E-state index in [1.54, 1.807) is 6.92 Å². The number of carbonyl (C=O) groups is 2. The molecule has 0 aliphatic carbocycles. The van der Waals surface area contributed by atoms with E-state index in [2.05, 4.69) is 11.9 Å². The fraction of sp³-hybridized carbons (Fsp3) is 0.263. The minimum Gasteiger partial charge on any atom is -0.426 e. The molecule has 2 amide bonds. The molecule has 0 saturated heterocycles. The Morgan fingerprint density at radius 2 is 1.92 bits per heavy atom. The number of fused-ring (bicyclic) bond motifs is 1. The third-order valence-electron chi connectivity index (χ3n) is 4.18. The van der Waals surface area contributed by atoms with E-state index < -0.39 is 19.0 Å². The average Bonchev–Trinajstić information content (AvgIpc) is 2.64. The van der Waals surface area contributed by atoms with Gasteiger partial charge in [0.25, 0.3) is 0 Å². The van der Waals surface area contributed by atoms with E-state index in [1.807, 2.05) is 42.5 Å². The molecule has 6 nitrogen and oxygen atoms in total. The molecule has 0 aliphatic heterocycles. The van der Waals surface area contributed by atoms with Gasteiger partial charge in [0.1, 0.15) is 0 Å². The number of hydrogen-bond donors (Lipinski definition) is 3. The van der Waals surface area contributed by atoms with Crippen LogP contribution < -0.4 is 5.32 Å². The molecule has 2 aromatic rings. The number of amides is 2. The molecule has 0 saturated carbocycles. The Morgan fingerprint density at radius 1 is 1.23 bits per heavy atom. The average molecular weight is 354 g/mol. The van der Waals surface area contributed by atoms with Gasteiger partial charge in [-0.2, -0.15) is 0 Å². The SMILES string of the molecule is C=CC(=O)N(CC)CC(=O)N[C@@H](Cc1ccc2ccccc2c1)B(O)O. The smallest absolute Gasteiger partial charge is 0.426 e. The second kappa shape index (κ2) is 9.17. The Balaban J connectivity index is 2.06. The number of hydrogen-bond acceptors (Lipinski definition) is 4. The van der Waals surface area contributed by atoms with Gasteiger partial charge in [-0.15, -0.1) is 0 Å². The molecule has 7 heteroatoms. The van der Waals surface area contributed by atoms with Gasteiger partial charge in [0.15, 0.2) is 0 Å². The monoisotopic (exact) mass is 354 g/mol. The molecule has 0 spiro atoms. The van der Waals surface area contributed by atoms with Crippen molar-refractivity contribution in [3.05, 3.63) is 60.7 Å². The maximum Gasteiger partial charge on any atom is 0.475 e. The van der Waals surface area contributed by atoms with Gasteiger partial charge in [0, 0.05) is 6.54 Å². The third kappa shape index (κ3) is 5.18. The van der Waals surface area contributed by atoms with Crippen LogP contribution in [0.2, 0.25) is 0 Å². The lowest BCUT2D eigenvalue weighted by atomic mass is 9.75. The molecule has 0 radical (unpaired) electrons. The first-order chi connectivity index (χ1) is 12.4. The van der Waals surface area contributed by atoms with E-state index in [0.717, 1.165) is 22.4 Å². The molecule has 0 unspecified atom stereocenters. The highest BCUT2D eigenvalue weighted by Gasteiger charge is 2.26. The minimum absolute atomic E-state index is 0.164. The molecular weight excluding hydrogens is 331 g/mol. The van der Waals surface area contributed by atoms with Crippen molar-refractivity contribution in [1.29, 1.82) is 0 Å². The summed E-state index contributed by atoms with van der Waals surface area (Å²) in [4.78, 5) is 25.2. The topological polar surface area (TPSA) is 89.9 Å². The van der Waals surface area contributed by atoms with Gasteiger partial charge in [-0.1, -0.05) is 49.0 Å². The first kappa shape index (κ1) is 19.7.